The van der Waals surface area contributed by atoms with Crippen LogP contribution in [0.5, 0.6) is 0 Å². The van der Waals surface area contributed by atoms with Crippen molar-refractivity contribution in [1.82, 2.24) is 4.57 Å². The van der Waals surface area contributed by atoms with Gasteiger partial charge in [-0.3, -0.25) is 4.79 Å². The number of aromatic nitrogens is 1. The monoisotopic (exact) mass is 243 g/mol. The lowest BCUT2D eigenvalue weighted by atomic mass is 10.2. The Morgan fingerprint density at radius 1 is 1.33 bits per heavy atom. The predicted molar refractivity (Wildman–Crippen MR) is 74.0 cm³/mol. The Hall–Kier alpha value is -1.81. The fourth-order valence-electron chi connectivity index (χ4n) is 2.27. The van der Waals surface area contributed by atoms with Gasteiger partial charge in [-0.25, -0.2) is 0 Å². The van der Waals surface area contributed by atoms with Crippen molar-refractivity contribution in [2.45, 2.75) is 18.9 Å². The second kappa shape index (κ2) is 4.46. The molecule has 4 heteroatoms. The van der Waals surface area contributed by atoms with Crippen molar-refractivity contribution in [3.8, 4) is 0 Å². The molecule has 1 fully saturated rings. The maximum atomic E-state index is 11.8. The zero-order valence-corrected chi connectivity index (χ0v) is 10.2. The second-order valence-electron chi connectivity index (χ2n) is 4.77. The van der Waals surface area contributed by atoms with E-state index in [9.17, 15) is 4.79 Å². The van der Waals surface area contributed by atoms with Gasteiger partial charge in [0.15, 0.2) is 5.43 Å². The molecule has 1 aliphatic carbocycles. The average molecular weight is 243 g/mol. The van der Waals surface area contributed by atoms with Crippen LogP contribution in [0.2, 0.25) is 0 Å². The van der Waals surface area contributed by atoms with Crippen molar-refractivity contribution in [3.05, 3.63) is 40.7 Å². The van der Waals surface area contributed by atoms with E-state index < -0.39 is 0 Å². The molecule has 1 heterocycles. The molecule has 3 N–H and O–H groups in total. The Kier molecular flexibility index (Phi) is 2.80. The number of hydrogen-bond donors (Lipinski definition) is 2. The first-order valence-electron chi connectivity index (χ1n) is 6.38. The van der Waals surface area contributed by atoms with Crippen molar-refractivity contribution >= 4 is 16.6 Å². The van der Waals surface area contributed by atoms with E-state index in [0.29, 0.717) is 12.6 Å². The molecule has 0 spiro atoms. The molecule has 0 unspecified atom stereocenters. The van der Waals surface area contributed by atoms with Gasteiger partial charge in [-0.2, -0.15) is 0 Å². The normalized spacial score (nSPS) is 14.9. The van der Waals surface area contributed by atoms with Crippen LogP contribution in [0.1, 0.15) is 18.9 Å². The summed E-state index contributed by atoms with van der Waals surface area (Å²) in [6, 6.07) is 8.11. The summed E-state index contributed by atoms with van der Waals surface area (Å²) in [5.41, 5.74) is 7.62. The summed E-state index contributed by atoms with van der Waals surface area (Å²) >= 11 is 0. The number of hydrogen-bond acceptors (Lipinski definition) is 3. The molecule has 0 bridgehead atoms. The van der Waals surface area contributed by atoms with Crippen LogP contribution >= 0.6 is 0 Å². The van der Waals surface area contributed by atoms with Crippen LogP contribution in [0.25, 0.3) is 10.9 Å². The summed E-state index contributed by atoms with van der Waals surface area (Å²) in [7, 11) is 0. The van der Waals surface area contributed by atoms with E-state index in [1.54, 1.807) is 6.07 Å². The highest BCUT2D eigenvalue weighted by atomic mass is 16.1. The zero-order chi connectivity index (χ0) is 12.5. The van der Waals surface area contributed by atoms with E-state index in [2.05, 4.69) is 9.88 Å². The Bertz CT molecular complexity index is 628. The molecule has 0 saturated heterocycles. The third-order valence-corrected chi connectivity index (χ3v) is 3.34. The molecule has 3 rings (SSSR count). The van der Waals surface area contributed by atoms with E-state index in [1.807, 2.05) is 24.4 Å². The topological polar surface area (TPSA) is 60.0 Å². The highest BCUT2D eigenvalue weighted by molar-refractivity contribution is 5.82. The Balaban J connectivity index is 2.11. The number of rotatable bonds is 4. The highest BCUT2D eigenvalue weighted by Crippen LogP contribution is 2.36. The fraction of sp³-hybridized carbons (Fsp3) is 0.357. The number of benzene rings is 1. The average Bonchev–Trinajstić information content (AvgIpc) is 3.21. The molecule has 0 radical (unpaired) electrons. The maximum absolute atomic E-state index is 11.8. The third kappa shape index (κ3) is 1.99. The van der Waals surface area contributed by atoms with Crippen LogP contribution in [0, 0.1) is 0 Å². The van der Waals surface area contributed by atoms with Gasteiger partial charge in [-0.15, -0.1) is 0 Å². The molecule has 4 nitrogen and oxygen atoms in total. The van der Waals surface area contributed by atoms with E-state index in [0.717, 1.165) is 23.1 Å². The Morgan fingerprint density at radius 3 is 2.89 bits per heavy atom. The van der Waals surface area contributed by atoms with Crippen molar-refractivity contribution in [2.24, 2.45) is 5.73 Å². The van der Waals surface area contributed by atoms with E-state index in [-0.39, 0.29) is 5.43 Å². The van der Waals surface area contributed by atoms with Crippen LogP contribution < -0.4 is 16.5 Å². The molecule has 18 heavy (non-hydrogen) atoms. The molecular weight excluding hydrogens is 226 g/mol. The quantitative estimate of drug-likeness (QED) is 0.859. The number of anilines is 1. The molecule has 0 aliphatic heterocycles. The Morgan fingerprint density at radius 2 is 2.17 bits per heavy atom. The van der Waals surface area contributed by atoms with Gasteiger partial charge < -0.3 is 15.6 Å². The Labute approximate surface area is 105 Å². The molecule has 1 aromatic carbocycles. The summed E-state index contributed by atoms with van der Waals surface area (Å²) in [5.74, 6) is 0. The van der Waals surface area contributed by atoms with E-state index >= 15 is 0 Å². The number of nitrogens with zero attached hydrogens (tertiary/aromatic N) is 1. The predicted octanol–water partition coefficient (Wildman–Crippen LogP) is 1.71. The van der Waals surface area contributed by atoms with Gasteiger partial charge in [0.2, 0.25) is 0 Å². The van der Waals surface area contributed by atoms with E-state index in [1.165, 1.54) is 12.8 Å². The van der Waals surface area contributed by atoms with Crippen molar-refractivity contribution < 1.29 is 0 Å². The smallest absolute Gasteiger partial charge is 0.189 e. The van der Waals surface area contributed by atoms with Crippen LogP contribution in [-0.4, -0.2) is 17.7 Å². The first-order valence-corrected chi connectivity index (χ1v) is 6.38. The lowest BCUT2D eigenvalue weighted by Crippen LogP contribution is -2.13. The third-order valence-electron chi connectivity index (χ3n) is 3.34. The van der Waals surface area contributed by atoms with Crippen LogP contribution in [0.4, 0.5) is 5.69 Å². The van der Waals surface area contributed by atoms with Gasteiger partial charge >= 0.3 is 0 Å². The molecule has 1 aromatic heterocycles. The lowest BCUT2D eigenvalue weighted by molar-refractivity contribution is 0.766. The fourth-order valence-corrected chi connectivity index (χ4v) is 2.27. The summed E-state index contributed by atoms with van der Waals surface area (Å²) in [4.78, 5) is 11.8. The van der Waals surface area contributed by atoms with Crippen LogP contribution in [-0.2, 0) is 0 Å². The van der Waals surface area contributed by atoms with Crippen LogP contribution in [0.15, 0.2) is 35.3 Å². The molecular formula is C14H17N3O. The minimum absolute atomic E-state index is 0.0901. The van der Waals surface area contributed by atoms with Crippen molar-refractivity contribution in [3.63, 3.8) is 0 Å². The maximum Gasteiger partial charge on any atom is 0.189 e. The zero-order valence-electron chi connectivity index (χ0n) is 10.2. The van der Waals surface area contributed by atoms with Crippen molar-refractivity contribution in [2.75, 3.05) is 18.4 Å². The van der Waals surface area contributed by atoms with Gasteiger partial charge in [0.05, 0.1) is 5.52 Å². The van der Waals surface area contributed by atoms with Crippen molar-refractivity contribution in [1.29, 1.82) is 0 Å². The summed E-state index contributed by atoms with van der Waals surface area (Å²) in [6.45, 7) is 1.34. The highest BCUT2D eigenvalue weighted by Gasteiger charge is 2.24. The first-order chi connectivity index (χ1) is 8.79. The summed E-state index contributed by atoms with van der Waals surface area (Å²) in [6.07, 6.45) is 4.33. The minimum atomic E-state index is 0.0901. The molecule has 1 aliphatic rings. The van der Waals surface area contributed by atoms with Gasteiger partial charge in [-0.1, -0.05) is 0 Å². The van der Waals surface area contributed by atoms with Gasteiger partial charge in [0.25, 0.3) is 0 Å². The lowest BCUT2D eigenvalue weighted by Gasteiger charge is -2.11. The summed E-state index contributed by atoms with van der Waals surface area (Å²) < 4.78 is 2.21. The number of nitrogens with two attached hydrogens (primary N) is 1. The minimum Gasteiger partial charge on any atom is -0.384 e. The molecule has 94 valence electrons. The molecule has 0 amide bonds. The number of nitrogens with one attached hydrogen (secondary N) is 1. The van der Waals surface area contributed by atoms with Gasteiger partial charge in [0, 0.05) is 42.5 Å². The van der Waals surface area contributed by atoms with Gasteiger partial charge in [-0.05, 0) is 31.0 Å². The first kappa shape index (κ1) is 11.3. The SMILES string of the molecule is NCCNc1ccc2c(=O)ccn(C3CC3)c2c1. The molecule has 1 saturated carbocycles. The second-order valence-corrected chi connectivity index (χ2v) is 4.77. The number of pyridine rings is 1. The standard InChI is InChI=1S/C14H17N3O/c15-6-7-16-10-1-4-12-13(9-10)17(11-2-3-11)8-5-14(12)18/h1,4-5,8-9,11,16H,2-3,6-7,15H2. The van der Waals surface area contributed by atoms with Crippen LogP contribution in [0.3, 0.4) is 0 Å². The van der Waals surface area contributed by atoms with Gasteiger partial charge in [0.1, 0.15) is 0 Å². The number of fused-ring (bicyclic) bond motifs is 1. The van der Waals surface area contributed by atoms with E-state index in [4.69, 9.17) is 5.73 Å². The largest absolute Gasteiger partial charge is 0.384 e. The molecule has 0 atom stereocenters. The summed E-state index contributed by atoms with van der Waals surface area (Å²) in [5, 5.41) is 4.05. The molecule has 2 aromatic rings.